The molecule has 0 radical (unpaired) electrons. The molecule has 1 fully saturated rings. The third kappa shape index (κ3) is 4.69. The van der Waals surface area contributed by atoms with E-state index in [1.807, 2.05) is 43.3 Å². The highest BCUT2D eigenvalue weighted by Crippen LogP contribution is 2.33. The van der Waals surface area contributed by atoms with E-state index in [0.717, 1.165) is 34.5 Å². The van der Waals surface area contributed by atoms with Crippen molar-refractivity contribution in [1.29, 1.82) is 5.41 Å². The number of hydrogen-bond donors (Lipinski definition) is 4. The van der Waals surface area contributed by atoms with E-state index in [-0.39, 0.29) is 23.9 Å². The summed E-state index contributed by atoms with van der Waals surface area (Å²) in [4.78, 5) is 3.30. The lowest BCUT2D eigenvalue weighted by Gasteiger charge is -2.20. The lowest BCUT2D eigenvalue weighted by Crippen LogP contribution is -2.34. The minimum atomic E-state index is -1.05. The van der Waals surface area contributed by atoms with E-state index in [9.17, 15) is 13.9 Å². The Hall–Kier alpha value is -4.95. The van der Waals surface area contributed by atoms with Gasteiger partial charge in [-0.2, -0.15) is 4.39 Å². The topological polar surface area (TPSA) is 84.4 Å². The highest BCUT2D eigenvalue weighted by molar-refractivity contribution is 6.13. The number of fused-ring (bicyclic) bond motifs is 1. The minimum absolute atomic E-state index is 0.000970. The molecule has 0 spiro atoms. The second-order valence-electron chi connectivity index (χ2n) is 9.67. The quantitative estimate of drug-likeness (QED) is 0.170. The lowest BCUT2D eigenvalue weighted by molar-refractivity contribution is 0.416. The Balaban J connectivity index is 1.25. The van der Waals surface area contributed by atoms with Gasteiger partial charge >= 0.3 is 0 Å². The fourth-order valence-corrected chi connectivity index (χ4v) is 4.97. The molecule has 1 saturated heterocycles. The number of nitrogens with zero attached hydrogens (tertiary/aromatic N) is 1. The number of anilines is 1. The average molecular weight is 537 g/mol. The number of hydrazine groups is 1. The second kappa shape index (κ2) is 10.3. The van der Waals surface area contributed by atoms with Crippen LogP contribution in [0.25, 0.3) is 16.7 Å². The Morgan fingerprint density at radius 3 is 2.58 bits per heavy atom. The van der Waals surface area contributed by atoms with Crippen molar-refractivity contribution < 1.29 is 18.6 Å². The first-order valence-electron chi connectivity index (χ1n) is 12.8. The molecule has 40 heavy (non-hydrogen) atoms. The Kier molecular flexibility index (Phi) is 6.53. The SMILES string of the molecule is Cc1cc(Oc2cccc(F)c2F)ccc1N1NCC(=C(O)c2cc3c(Cc4ccccc4)cccc3[nH]2)C1=N. The van der Waals surface area contributed by atoms with Crippen LogP contribution in [0.2, 0.25) is 0 Å². The first-order valence-corrected chi connectivity index (χ1v) is 12.8. The van der Waals surface area contributed by atoms with Crippen molar-refractivity contribution in [3.8, 4) is 11.5 Å². The normalized spacial score (nSPS) is 14.7. The molecule has 0 amide bonds. The van der Waals surface area contributed by atoms with Crippen LogP contribution in [0.3, 0.4) is 0 Å². The zero-order chi connectivity index (χ0) is 27.8. The number of aryl methyl sites for hydroxylation is 1. The van der Waals surface area contributed by atoms with E-state index in [1.54, 1.807) is 23.2 Å². The van der Waals surface area contributed by atoms with Gasteiger partial charge < -0.3 is 14.8 Å². The molecular weight excluding hydrogens is 510 g/mol. The third-order valence-corrected chi connectivity index (χ3v) is 7.01. The number of amidine groups is 1. The van der Waals surface area contributed by atoms with Crippen molar-refractivity contribution in [2.45, 2.75) is 13.3 Å². The van der Waals surface area contributed by atoms with Gasteiger partial charge in [0.15, 0.2) is 11.6 Å². The van der Waals surface area contributed by atoms with Gasteiger partial charge in [-0.1, -0.05) is 48.5 Å². The molecule has 1 aromatic heterocycles. The largest absolute Gasteiger partial charge is 0.505 e. The summed E-state index contributed by atoms with van der Waals surface area (Å²) in [6.45, 7) is 2.08. The van der Waals surface area contributed by atoms with Gasteiger partial charge in [-0.05, 0) is 72.5 Å². The standard InChI is InChI=1S/C32H26F2N4O2/c1-19-15-22(40-29-12-6-10-25(33)30(29)34)13-14-28(19)38-32(35)24(18-36-38)31(39)27-17-23-21(9-5-11-26(23)37-27)16-20-7-3-2-4-8-20/h2-15,17,35-37,39H,16,18H2,1H3. The van der Waals surface area contributed by atoms with Crippen LogP contribution in [0.5, 0.6) is 11.5 Å². The van der Waals surface area contributed by atoms with Crippen molar-refractivity contribution in [3.05, 3.63) is 131 Å². The van der Waals surface area contributed by atoms with Gasteiger partial charge in [0.2, 0.25) is 5.82 Å². The summed E-state index contributed by atoms with van der Waals surface area (Å²) in [7, 11) is 0. The number of aliphatic hydroxyl groups excluding tert-OH is 1. The molecule has 4 N–H and O–H groups in total. The number of halogens is 2. The number of benzene rings is 4. The maximum Gasteiger partial charge on any atom is 0.201 e. The number of hydrogen-bond acceptors (Lipinski definition) is 4. The molecule has 0 saturated carbocycles. The monoisotopic (exact) mass is 536 g/mol. The second-order valence-corrected chi connectivity index (χ2v) is 9.67. The molecule has 6 nitrogen and oxygen atoms in total. The summed E-state index contributed by atoms with van der Waals surface area (Å²) in [6, 6.07) is 27.0. The zero-order valence-corrected chi connectivity index (χ0v) is 21.6. The molecule has 4 aromatic carbocycles. The van der Waals surface area contributed by atoms with Gasteiger partial charge in [0, 0.05) is 17.4 Å². The van der Waals surface area contributed by atoms with Crippen molar-refractivity contribution in [1.82, 2.24) is 10.4 Å². The van der Waals surface area contributed by atoms with E-state index >= 15 is 0 Å². The van der Waals surface area contributed by atoms with Crippen LogP contribution in [0.1, 0.15) is 22.4 Å². The molecule has 5 aromatic rings. The zero-order valence-electron chi connectivity index (χ0n) is 21.6. The minimum Gasteiger partial charge on any atom is -0.505 e. The summed E-state index contributed by atoms with van der Waals surface area (Å²) >= 11 is 0. The van der Waals surface area contributed by atoms with Crippen LogP contribution >= 0.6 is 0 Å². The lowest BCUT2D eigenvalue weighted by atomic mass is 10.0. The summed E-state index contributed by atoms with van der Waals surface area (Å²) in [5.74, 6) is -1.81. The highest BCUT2D eigenvalue weighted by Gasteiger charge is 2.29. The molecule has 0 unspecified atom stereocenters. The summed E-state index contributed by atoms with van der Waals surface area (Å²) < 4.78 is 33.1. The van der Waals surface area contributed by atoms with Gasteiger partial charge in [-0.15, -0.1) is 0 Å². The molecule has 1 aliphatic rings. The Labute approximate surface area is 229 Å². The van der Waals surface area contributed by atoms with Crippen molar-refractivity contribution in [2.24, 2.45) is 0 Å². The van der Waals surface area contributed by atoms with E-state index in [2.05, 4.69) is 28.6 Å². The van der Waals surface area contributed by atoms with E-state index in [4.69, 9.17) is 10.1 Å². The number of rotatable bonds is 6. The van der Waals surface area contributed by atoms with Gasteiger partial charge in [0.25, 0.3) is 0 Å². The molecule has 8 heteroatoms. The van der Waals surface area contributed by atoms with Crippen molar-refractivity contribution in [3.63, 3.8) is 0 Å². The van der Waals surface area contributed by atoms with Crippen LogP contribution in [-0.4, -0.2) is 22.5 Å². The van der Waals surface area contributed by atoms with E-state index < -0.39 is 11.6 Å². The van der Waals surface area contributed by atoms with Gasteiger partial charge in [0.05, 0.1) is 17.0 Å². The molecule has 200 valence electrons. The van der Waals surface area contributed by atoms with Crippen molar-refractivity contribution >= 4 is 28.2 Å². The van der Waals surface area contributed by atoms with E-state index in [0.29, 0.717) is 22.7 Å². The molecule has 2 heterocycles. The van der Waals surface area contributed by atoms with Crippen LogP contribution in [0.4, 0.5) is 14.5 Å². The van der Waals surface area contributed by atoms with Crippen LogP contribution in [0.15, 0.2) is 96.6 Å². The van der Waals surface area contributed by atoms with Gasteiger partial charge in [-0.3, -0.25) is 10.4 Å². The first kappa shape index (κ1) is 25.3. The number of H-pyrrole nitrogens is 1. The van der Waals surface area contributed by atoms with Crippen molar-refractivity contribution in [2.75, 3.05) is 11.6 Å². The fourth-order valence-electron chi connectivity index (χ4n) is 4.97. The highest BCUT2D eigenvalue weighted by atomic mass is 19.2. The molecule has 1 aliphatic heterocycles. The predicted octanol–water partition coefficient (Wildman–Crippen LogP) is 7.41. The summed E-state index contributed by atoms with van der Waals surface area (Å²) in [5, 5.41) is 22.6. The molecule has 0 bridgehead atoms. The predicted molar refractivity (Wildman–Crippen MR) is 153 cm³/mol. The smallest absolute Gasteiger partial charge is 0.201 e. The number of aliphatic hydroxyl groups is 1. The maximum atomic E-state index is 14.0. The summed E-state index contributed by atoms with van der Waals surface area (Å²) in [6.07, 6.45) is 0.767. The van der Waals surface area contributed by atoms with E-state index in [1.165, 1.54) is 17.7 Å². The molecule has 0 aliphatic carbocycles. The maximum absolute atomic E-state index is 14.0. The third-order valence-electron chi connectivity index (χ3n) is 7.01. The Bertz CT molecular complexity index is 1780. The first-order chi connectivity index (χ1) is 19.4. The van der Waals surface area contributed by atoms with Gasteiger partial charge in [0.1, 0.15) is 17.3 Å². The molecule has 0 atom stereocenters. The van der Waals surface area contributed by atoms with Crippen LogP contribution < -0.4 is 15.2 Å². The van der Waals surface area contributed by atoms with Crippen LogP contribution in [0, 0.1) is 24.0 Å². The number of nitrogens with one attached hydrogen (secondary N) is 3. The molecule has 6 rings (SSSR count). The fraction of sp³-hybridized carbons (Fsp3) is 0.0938. The number of aromatic nitrogens is 1. The Morgan fingerprint density at radius 2 is 1.77 bits per heavy atom. The van der Waals surface area contributed by atoms with Gasteiger partial charge in [-0.25, -0.2) is 9.82 Å². The Morgan fingerprint density at radius 1 is 0.975 bits per heavy atom. The molecular formula is C32H26F2N4O2. The average Bonchev–Trinajstić information content (AvgIpc) is 3.56. The number of ether oxygens (including phenoxy) is 1. The van der Waals surface area contributed by atoms with Crippen LogP contribution in [-0.2, 0) is 6.42 Å². The summed E-state index contributed by atoms with van der Waals surface area (Å²) in [5.41, 5.74) is 8.79. The number of aromatic amines is 1.